The average molecular weight is 508 g/mol. The number of hydrogen-bond acceptors (Lipinski definition) is 2. The van der Waals surface area contributed by atoms with E-state index in [1.165, 1.54) is 17.3 Å². The first-order valence-electron chi connectivity index (χ1n) is 13.3. The Morgan fingerprint density at radius 1 is 0.906 bits per heavy atom. The summed E-state index contributed by atoms with van der Waals surface area (Å²) < 4.78 is 1.40. The molecule has 0 bridgehead atoms. The van der Waals surface area contributed by atoms with E-state index in [1.807, 2.05) is 0 Å². The highest BCUT2D eigenvalue weighted by atomic mass is 79.9. The number of aliphatic hydroxyl groups is 1. The highest BCUT2D eigenvalue weighted by molar-refractivity contribution is 9.11. The molecule has 0 saturated heterocycles. The van der Waals surface area contributed by atoms with E-state index in [2.05, 4.69) is 64.4 Å². The lowest BCUT2D eigenvalue weighted by atomic mass is 9.36. The van der Waals surface area contributed by atoms with Gasteiger partial charge in [0.25, 0.3) is 0 Å². The third-order valence-corrected chi connectivity index (χ3v) is 12.5. The van der Waals surface area contributed by atoms with Crippen molar-refractivity contribution in [3.8, 4) is 0 Å². The van der Waals surface area contributed by atoms with E-state index in [-0.39, 0.29) is 27.8 Å². The summed E-state index contributed by atoms with van der Waals surface area (Å²) >= 11 is 3.91. The SMILES string of the molecule is CC1(C)CCC(CC[C@]2(C)C(=O)CC[C@@H]3[C@@]4(C)CC[C@H](O)C(C)(C)[C@@H]4CC[C@]32C)=C(Br)C1. The van der Waals surface area contributed by atoms with Gasteiger partial charge in [-0.2, -0.15) is 0 Å². The van der Waals surface area contributed by atoms with Crippen molar-refractivity contribution in [3.63, 3.8) is 0 Å². The van der Waals surface area contributed by atoms with E-state index >= 15 is 0 Å². The highest BCUT2D eigenvalue weighted by Gasteiger charge is 2.66. The monoisotopic (exact) mass is 506 g/mol. The third kappa shape index (κ3) is 3.62. The fourth-order valence-corrected chi connectivity index (χ4v) is 10.2. The zero-order valence-electron chi connectivity index (χ0n) is 21.7. The first-order chi connectivity index (χ1) is 14.7. The molecule has 3 saturated carbocycles. The van der Waals surface area contributed by atoms with Gasteiger partial charge >= 0.3 is 0 Å². The summed E-state index contributed by atoms with van der Waals surface area (Å²) in [5, 5.41) is 10.8. The Kier molecular flexibility index (Phi) is 6.19. The van der Waals surface area contributed by atoms with Gasteiger partial charge in [-0.3, -0.25) is 4.79 Å². The number of Topliss-reactive ketones (excluding diaryl/α,β-unsaturated/α-hetero) is 1. The second-order valence-electron chi connectivity index (χ2n) is 14.1. The van der Waals surface area contributed by atoms with Gasteiger partial charge in [0, 0.05) is 11.8 Å². The normalized spacial score (nSPS) is 45.9. The molecular weight excluding hydrogens is 460 g/mol. The van der Waals surface area contributed by atoms with Gasteiger partial charge in [-0.05, 0) is 102 Å². The van der Waals surface area contributed by atoms with Crippen LogP contribution in [0.2, 0.25) is 0 Å². The Labute approximate surface area is 205 Å². The van der Waals surface area contributed by atoms with Gasteiger partial charge in [0.05, 0.1) is 6.10 Å². The molecule has 3 fully saturated rings. The largest absolute Gasteiger partial charge is 0.393 e. The summed E-state index contributed by atoms with van der Waals surface area (Å²) in [4.78, 5) is 13.6. The maximum absolute atomic E-state index is 13.6. The maximum atomic E-state index is 13.6. The summed E-state index contributed by atoms with van der Waals surface area (Å²) in [6.45, 7) is 16.6. The Hall–Kier alpha value is -0.150. The molecule has 0 radical (unpaired) electrons. The molecule has 0 heterocycles. The molecule has 4 aliphatic rings. The number of aliphatic hydroxyl groups excluding tert-OH is 1. The van der Waals surface area contributed by atoms with Gasteiger partial charge in [-0.15, -0.1) is 0 Å². The molecule has 1 N–H and O–H groups in total. The number of carbonyl (C=O) groups is 1. The molecule has 32 heavy (non-hydrogen) atoms. The number of carbonyl (C=O) groups excluding carboxylic acids is 1. The van der Waals surface area contributed by atoms with Crippen LogP contribution in [0.1, 0.15) is 119 Å². The number of allylic oxidation sites excluding steroid dienone is 2. The lowest BCUT2D eigenvalue weighted by molar-refractivity contribution is -0.210. The lowest BCUT2D eigenvalue weighted by Gasteiger charge is -2.68. The van der Waals surface area contributed by atoms with Crippen molar-refractivity contribution in [1.82, 2.24) is 0 Å². The number of hydrogen-bond donors (Lipinski definition) is 1. The summed E-state index contributed by atoms with van der Waals surface area (Å²) in [5.74, 6) is 1.64. The minimum atomic E-state index is -0.239. The topological polar surface area (TPSA) is 37.3 Å². The van der Waals surface area contributed by atoms with Gasteiger partial charge in [0.2, 0.25) is 0 Å². The van der Waals surface area contributed by atoms with Crippen LogP contribution in [0.4, 0.5) is 0 Å². The fraction of sp³-hybridized carbons (Fsp3) is 0.897. The van der Waals surface area contributed by atoms with Crippen LogP contribution in [0.15, 0.2) is 10.1 Å². The number of ketones is 1. The molecule has 0 aromatic carbocycles. The second-order valence-corrected chi connectivity index (χ2v) is 15.0. The molecule has 6 atom stereocenters. The van der Waals surface area contributed by atoms with Crippen molar-refractivity contribution in [1.29, 1.82) is 0 Å². The predicted molar refractivity (Wildman–Crippen MR) is 137 cm³/mol. The first kappa shape index (κ1) is 25.0. The number of halogens is 1. The minimum Gasteiger partial charge on any atom is -0.393 e. The summed E-state index contributed by atoms with van der Waals surface area (Å²) in [6, 6.07) is 0. The van der Waals surface area contributed by atoms with Crippen molar-refractivity contribution in [2.24, 2.45) is 38.9 Å². The summed E-state index contributed by atoms with van der Waals surface area (Å²) in [6.07, 6.45) is 11.5. The van der Waals surface area contributed by atoms with Crippen LogP contribution in [0, 0.1) is 38.9 Å². The third-order valence-electron chi connectivity index (χ3n) is 11.6. The molecule has 3 heteroatoms. The standard InChI is InChI=1S/C29H47BrO2/c1-25(2)14-10-19(20(30)18-25)11-16-29(7)24(32)9-8-22-27(5)15-13-23(31)26(3,4)21(27)12-17-28(22,29)6/h21-23,31H,8-18H2,1-7H3/t21-,22+,23-,27-,28+,29+/m0/s1. The van der Waals surface area contributed by atoms with Gasteiger partial charge in [-0.25, -0.2) is 0 Å². The van der Waals surface area contributed by atoms with Crippen LogP contribution in [0.3, 0.4) is 0 Å². The molecule has 4 aliphatic carbocycles. The summed E-state index contributed by atoms with van der Waals surface area (Å²) in [7, 11) is 0. The maximum Gasteiger partial charge on any atom is 0.139 e. The van der Waals surface area contributed by atoms with E-state index in [9.17, 15) is 9.90 Å². The van der Waals surface area contributed by atoms with E-state index in [4.69, 9.17) is 0 Å². The van der Waals surface area contributed by atoms with Gasteiger partial charge in [0.1, 0.15) is 5.78 Å². The Bertz CT molecular complexity index is 810. The molecular formula is C29H47BrO2. The molecule has 0 aliphatic heterocycles. The molecule has 0 aromatic rings. The number of rotatable bonds is 3. The van der Waals surface area contributed by atoms with Crippen LogP contribution in [-0.4, -0.2) is 17.0 Å². The Morgan fingerprint density at radius 3 is 2.25 bits per heavy atom. The fourth-order valence-electron chi connectivity index (χ4n) is 9.06. The van der Waals surface area contributed by atoms with Crippen molar-refractivity contribution in [3.05, 3.63) is 10.1 Å². The molecule has 0 amide bonds. The van der Waals surface area contributed by atoms with Crippen molar-refractivity contribution in [2.45, 2.75) is 125 Å². The molecule has 182 valence electrons. The van der Waals surface area contributed by atoms with Crippen LogP contribution >= 0.6 is 15.9 Å². The molecule has 0 spiro atoms. The van der Waals surface area contributed by atoms with Crippen molar-refractivity contribution < 1.29 is 9.90 Å². The molecule has 0 unspecified atom stereocenters. The Balaban J connectivity index is 1.63. The van der Waals surface area contributed by atoms with Crippen molar-refractivity contribution in [2.75, 3.05) is 0 Å². The van der Waals surface area contributed by atoms with Crippen LogP contribution < -0.4 is 0 Å². The van der Waals surface area contributed by atoms with Gasteiger partial charge < -0.3 is 5.11 Å². The van der Waals surface area contributed by atoms with Crippen LogP contribution in [0.5, 0.6) is 0 Å². The van der Waals surface area contributed by atoms with Gasteiger partial charge in [0.15, 0.2) is 0 Å². The lowest BCUT2D eigenvalue weighted by Crippen LogP contribution is -2.64. The van der Waals surface area contributed by atoms with E-state index < -0.39 is 0 Å². The molecule has 2 nitrogen and oxygen atoms in total. The quantitative estimate of drug-likeness (QED) is 0.418. The number of fused-ring (bicyclic) bond motifs is 3. The minimum absolute atomic E-state index is 0.0310. The van der Waals surface area contributed by atoms with E-state index in [1.54, 1.807) is 5.57 Å². The smallest absolute Gasteiger partial charge is 0.139 e. The molecule has 4 rings (SSSR count). The van der Waals surface area contributed by atoms with Crippen molar-refractivity contribution >= 4 is 21.7 Å². The second kappa shape index (κ2) is 7.94. The van der Waals surface area contributed by atoms with E-state index in [0.29, 0.717) is 23.0 Å². The highest BCUT2D eigenvalue weighted by Crippen LogP contribution is 2.71. The van der Waals surface area contributed by atoms with E-state index in [0.717, 1.165) is 57.8 Å². The summed E-state index contributed by atoms with van der Waals surface area (Å²) in [5.41, 5.74) is 1.97. The van der Waals surface area contributed by atoms with Gasteiger partial charge in [-0.1, -0.05) is 70.0 Å². The van der Waals surface area contributed by atoms with Crippen LogP contribution in [0.25, 0.3) is 0 Å². The van der Waals surface area contributed by atoms with Crippen LogP contribution in [-0.2, 0) is 4.79 Å². The zero-order chi connectivity index (χ0) is 23.7. The predicted octanol–water partition coefficient (Wildman–Crippen LogP) is 8.21. The Morgan fingerprint density at radius 2 is 1.59 bits per heavy atom. The molecule has 0 aromatic heterocycles. The average Bonchev–Trinajstić information content (AvgIpc) is 2.68. The first-order valence-corrected chi connectivity index (χ1v) is 14.0. The zero-order valence-corrected chi connectivity index (χ0v) is 23.3.